The van der Waals surface area contributed by atoms with Gasteiger partial charge in [-0.1, -0.05) is 262 Å². The van der Waals surface area contributed by atoms with E-state index in [9.17, 15) is 19.8 Å². The molecule has 0 aliphatic heterocycles. The summed E-state index contributed by atoms with van der Waals surface area (Å²) in [7, 11) is 0. The van der Waals surface area contributed by atoms with Crippen LogP contribution >= 0.6 is 0 Å². The van der Waals surface area contributed by atoms with Crippen LogP contribution in [-0.4, -0.2) is 47.4 Å². The number of carbonyl (C=O) groups excluding carboxylic acids is 2. The first kappa shape index (κ1) is 66.8. The van der Waals surface area contributed by atoms with Crippen molar-refractivity contribution in [1.82, 2.24) is 5.32 Å². The van der Waals surface area contributed by atoms with Crippen LogP contribution in [-0.2, 0) is 14.3 Å². The van der Waals surface area contributed by atoms with Gasteiger partial charge in [0, 0.05) is 12.8 Å². The number of esters is 1. The third kappa shape index (κ3) is 55.0. The maximum atomic E-state index is 12.4. The summed E-state index contributed by atoms with van der Waals surface area (Å²) in [5.74, 6) is -0.0680. The first-order chi connectivity index (χ1) is 34.0. The van der Waals surface area contributed by atoms with Gasteiger partial charge in [-0.3, -0.25) is 9.59 Å². The second-order valence-corrected chi connectivity index (χ2v) is 20.7. The minimum Gasteiger partial charge on any atom is -0.466 e. The van der Waals surface area contributed by atoms with Crippen molar-refractivity contribution in [2.75, 3.05) is 13.2 Å². The summed E-state index contributed by atoms with van der Waals surface area (Å²) in [6.45, 7) is 4.85. The van der Waals surface area contributed by atoms with Gasteiger partial charge in [0.1, 0.15) is 0 Å². The molecule has 0 bridgehead atoms. The summed E-state index contributed by atoms with van der Waals surface area (Å²) in [6, 6.07) is -0.625. The molecule has 0 aromatic rings. The molecule has 0 aromatic carbocycles. The lowest BCUT2D eigenvalue weighted by atomic mass is 10.0. The number of rotatable bonds is 56. The van der Waals surface area contributed by atoms with E-state index in [1.165, 1.54) is 238 Å². The van der Waals surface area contributed by atoms with E-state index in [2.05, 4.69) is 55.6 Å². The molecular formula is C63H117NO5. The van der Waals surface area contributed by atoms with E-state index >= 15 is 0 Å². The molecule has 0 saturated heterocycles. The van der Waals surface area contributed by atoms with Gasteiger partial charge < -0.3 is 20.3 Å². The predicted octanol–water partition coefficient (Wildman–Crippen LogP) is 19.0. The molecule has 6 nitrogen and oxygen atoms in total. The normalized spacial score (nSPS) is 12.9. The summed E-state index contributed by atoms with van der Waals surface area (Å²) in [4.78, 5) is 24.4. The topological polar surface area (TPSA) is 95.9 Å². The number of amides is 1. The quantitative estimate of drug-likeness (QED) is 0.0321. The van der Waals surface area contributed by atoms with Gasteiger partial charge >= 0.3 is 5.97 Å². The minimum atomic E-state index is -0.842. The number of ether oxygens (including phenoxy) is 1. The molecule has 69 heavy (non-hydrogen) atoms. The highest BCUT2D eigenvalue weighted by molar-refractivity contribution is 5.76. The molecule has 0 aliphatic carbocycles. The zero-order valence-electron chi connectivity index (χ0n) is 46.0. The van der Waals surface area contributed by atoms with Crippen LogP contribution in [0.5, 0.6) is 0 Å². The van der Waals surface area contributed by atoms with Gasteiger partial charge in [0.25, 0.3) is 0 Å². The number of aliphatic hydroxyl groups excluding tert-OH is 2. The molecule has 3 N–H and O–H groups in total. The molecule has 0 spiro atoms. The largest absolute Gasteiger partial charge is 0.466 e. The molecule has 2 unspecified atom stereocenters. The van der Waals surface area contributed by atoms with Crippen molar-refractivity contribution >= 4 is 11.9 Å². The van der Waals surface area contributed by atoms with E-state index in [4.69, 9.17) is 4.74 Å². The Morgan fingerprint density at radius 2 is 0.725 bits per heavy atom. The number of carbonyl (C=O) groups is 2. The second-order valence-electron chi connectivity index (χ2n) is 20.7. The molecule has 0 rings (SSSR count). The summed E-state index contributed by atoms with van der Waals surface area (Å²) in [6.07, 6.45) is 74.6. The Kier molecular flexibility index (Phi) is 56.5. The van der Waals surface area contributed by atoms with Crippen molar-refractivity contribution in [3.63, 3.8) is 0 Å². The van der Waals surface area contributed by atoms with Crippen molar-refractivity contribution in [2.45, 2.75) is 328 Å². The highest BCUT2D eigenvalue weighted by atomic mass is 16.5. The van der Waals surface area contributed by atoms with Gasteiger partial charge in [-0.15, -0.1) is 0 Å². The maximum absolute atomic E-state index is 12.4. The fourth-order valence-electron chi connectivity index (χ4n) is 9.13. The predicted molar refractivity (Wildman–Crippen MR) is 301 cm³/mol. The monoisotopic (exact) mass is 968 g/mol. The van der Waals surface area contributed by atoms with Crippen LogP contribution < -0.4 is 5.32 Å². The molecular weight excluding hydrogens is 851 g/mol. The first-order valence-corrected chi connectivity index (χ1v) is 30.4. The number of allylic oxidation sites excluding steroid dienone is 7. The molecule has 2 atom stereocenters. The summed E-state index contributed by atoms with van der Waals surface area (Å²) >= 11 is 0. The third-order valence-corrected chi connectivity index (χ3v) is 13.8. The van der Waals surface area contributed by atoms with E-state index in [-0.39, 0.29) is 18.5 Å². The lowest BCUT2D eigenvalue weighted by Gasteiger charge is -2.20. The fourth-order valence-corrected chi connectivity index (χ4v) is 9.13. The standard InChI is InChI=1S/C63H117NO5/c1-3-5-7-9-11-13-14-37-41-45-49-53-57-63(68)69-58-54-50-46-42-38-35-33-31-29-27-25-23-21-19-17-15-16-18-20-22-24-26-28-30-32-34-36-40-44-48-52-56-62(67)64-60(59-65)61(66)55-51-47-43-39-12-10-8-6-4-2/h11,13,17,19,23,25,51,55,60-61,65-66H,3-10,12,14-16,18,20-22,24,26-50,52-54,56-59H2,1-2H3,(H,64,67)/b13-11-,19-17-,25-23-,55-51+. The lowest BCUT2D eigenvalue weighted by Crippen LogP contribution is -2.45. The van der Waals surface area contributed by atoms with Gasteiger partial charge in [-0.05, 0) is 89.9 Å². The molecule has 0 aromatic heterocycles. The van der Waals surface area contributed by atoms with E-state index in [1.807, 2.05) is 6.08 Å². The Bertz CT molecular complexity index is 1160. The summed E-state index contributed by atoms with van der Waals surface area (Å²) in [5, 5.41) is 22.9. The van der Waals surface area contributed by atoms with Gasteiger partial charge in [-0.25, -0.2) is 0 Å². The van der Waals surface area contributed by atoms with Crippen LogP contribution in [0.3, 0.4) is 0 Å². The van der Waals surface area contributed by atoms with Crippen LogP contribution in [0.4, 0.5) is 0 Å². The van der Waals surface area contributed by atoms with Crippen molar-refractivity contribution in [3.05, 3.63) is 48.6 Å². The van der Waals surface area contributed by atoms with Gasteiger partial charge in [-0.2, -0.15) is 0 Å². The third-order valence-electron chi connectivity index (χ3n) is 13.8. The molecule has 0 aliphatic rings. The summed E-state index contributed by atoms with van der Waals surface area (Å²) in [5.41, 5.74) is 0. The molecule has 1 amide bonds. The Labute approximate surface area is 429 Å². The van der Waals surface area contributed by atoms with E-state index in [1.54, 1.807) is 6.08 Å². The van der Waals surface area contributed by atoms with E-state index < -0.39 is 12.1 Å². The van der Waals surface area contributed by atoms with Gasteiger partial charge in [0.05, 0.1) is 25.4 Å². The molecule has 0 saturated carbocycles. The Morgan fingerprint density at radius 3 is 1.14 bits per heavy atom. The van der Waals surface area contributed by atoms with Crippen LogP contribution in [0, 0.1) is 0 Å². The highest BCUT2D eigenvalue weighted by Gasteiger charge is 2.18. The molecule has 6 heteroatoms. The minimum absolute atomic E-state index is 0.00217. The van der Waals surface area contributed by atoms with Crippen LogP contribution in [0.25, 0.3) is 0 Å². The number of hydrogen-bond acceptors (Lipinski definition) is 5. The average molecular weight is 969 g/mol. The average Bonchev–Trinajstić information content (AvgIpc) is 3.35. The van der Waals surface area contributed by atoms with Crippen molar-refractivity contribution in [1.29, 1.82) is 0 Å². The number of nitrogens with one attached hydrogen (secondary N) is 1. The van der Waals surface area contributed by atoms with E-state index in [0.29, 0.717) is 19.4 Å². The Balaban J connectivity index is 3.39. The van der Waals surface area contributed by atoms with Crippen molar-refractivity contribution in [3.8, 4) is 0 Å². The van der Waals surface area contributed by atoms with Crippen molar-refractivity contribution in [2.24, 2.45) is 0 Å². The highest BCUT2D eigenvalue weighted by Crippen LogP contribution is 2.16. The van der Waals surface area contributed by atoms with E-state index in [0.717, 1.165) is 51.4 Å². The Morgan fingerprint density at radius 1 is 0.406 bits per heavy atom. The Hall–Kier alpha value is -2.18. The van der Waals surface area contributed by atoms with Crippen LogP contribution in [0.15, 0.2) is 48.6 Å². The second kappa shape index (κ2) is 58.4. The zero-order valence-corrected chi connectivity index (χ0v) is 46.0. The lowest BCUT2D eigenvalue weighted by molar-refractivity contribution is -0.143. The smallest absolute Gasteiger partial charge is 0.305 e. The molecule has 0 fully saturated rings. The molecule has 0 radical (unpaired) electrons. The first-order valence-electron chi connectivity index (χ1n) is 30.4. The summed E-state index contributed by atoms with van der Waals surface area (Å²) < 4.78 is 5.46. The number of aliphatic hydroxyl groups is 2. The van der Waals surface area contributed by atoms with Crippen LogP contribution in [0.2, 0.25) is 0 Å². The SMILES string of the molecule is CCCCC/C=C\CCCCCCCC(=O)OCCCCCCCCCCC/C=C\C/C=C\CCCCCCCCCCCCCCCCCC(=O)NC(CO)C(O)/C=C/CCCCCCCCC. The van der Waals surface area contributed by atoms with Crippen LogP contribution in [0.1, 0.15) is 316 Å². The number of hydrogen-bond donors (Lipinski definition) is 3. The fraction of sp³-hybridized carbons (Fsp3) is 0.841. The zero-order chi connectivity index (χ0) is 50.0. The maximum Gasteiger partial charge on any atom is 0.305 e. The number of unbranched alkanes of at least 4 members (excludes halogenated alkanes) is 39. The van der Waals surface area contributed by atoms with Gasteiger partial charge in [0.15, 0.2) is 0 Å². The van der Waals surface area contributed by atoms with Crippen molar-refractivity contribution < 1.29 is 24.5 Å². The molecule has 0 heterocycles. The molecule has 404 valence electrons. The van der Waals surface area contributed by atoms with Gasteiger partial charge in [0.2, 0.25) is 5.91 Å².